The van der Waals surface area contributed by atoms with E-state index < -0.39 is 12.1 Å². The summed E-state index contributed by atoms with van der Waals surface area (Å²) in [5.41, 5.74) is 5.32. The number of alkyl halides is 1. The predicted molar refractivity (Wildman–Crippen MR) is 111 cm³/mol. The molecule has 6 nitrogen and oxygen atoms in total. The number of pyridine rings is 1. The number of benzene rings is 1. The van der Waals surface area contributed by atoms with E-state index in [2.05, 4.69) is 20.6 Å². The van der Waals surface area contributed by atoms with Gasteiger partial charge in [-0.3, -0.25) is 9.59 Å². The highest BCUT2D eigenvalue weighted by molar-refractivity contribution is 6.03. The van der Waals surface area contributed by atoms with Crippen molar-refractivity contribution in [1.82, 2.24) is 15.3 Å². The van der Waals surface area contributed by atoms with Crippen LogP contribution in [0.3, 0.4) is 0 Å². The molecule has 0 unspecified atom stereocenters. The Kier molecular flexibility index (Phi) is 4.67. The number of halogens is 1. The number of ketones is 1. The average Bonchev–Trinajstić information content (AvgIpc) is 3.37. The van der Waals surface area contributed by atoms with Crippen molar-refractivity contribution in [2.45, 2.75) is 25.6 Å². The smallest absolute Gasteiger partial charge is 0.231 e. The van der Waals surface area contributed by atoms with E-state index in [1.165, 1.54) is 0 Å². The van der Waals surface area contributed by atoms with E-state index in [1.54, 1.807) is 12.3 Å². The molecule has 2 aromatic heterocycles. The molecule has 0 bridgehead atoms. The zero-order valence-electron chi connectivity index (χ0n) is 16.2. The van der Waals surface area contributed by atoms with Gasteiger partial charge in [0.05, 0.1) is 18.2 Å². The van der Waals surface area contributed by atoms with Crippen LogP contribution in [0.4, 0.5) is 10.2 Å². The van der Waals surface area contributed by atoms with Gasteiger partial charge in [-0.05, 0) is 29.7 Å². The van der Waals surface area contributed by atoms with E-state index in [-0.39, 0.29) is 18.1 Å². The first kappa shape index (κ1) is 18.7. The summed E-state index contributed by atoms with van der Waals surface area (Å²) in [7, 11) is 0. The molecule has 3 heterocycles. The first-order chi connectivity index (χ1) is 14.6. The molecule has 1 amide bonds. The third-order valence-electron chi connectivity index (χ3n) is 5.62. The number of rotatable bonds is 5. The lowest BCUT2D eigenvalue weighted by atomic mass is 9.94. The molecule has 2 aliphatic rings. The molecule has 5 rings (SSSR count). The minimum Gasteiger partial charge on any atom is -0.356 e. The van der Waals surface area contributed by atoms with Crippen LogP contribution in [0.1, 0.15) is 33.6 Å². The van der Waals surface area contributed by atoms with Crippen molar-refractivity contribution < 1.29 is 14.0 Å². The van der Waals surface area contributed by atoms with Crippen LogP contribution in [0.25, 0.3) is 11.3 Å². The van der Waals surface area contributed by atoms with Gasteiger partial charge in [0.2, 0.25) is 5.91 Å². The van der Waals surface area contributed by atoms with Crippen LogP contribution in [0.2, 0.25) is 0 Å². The summed E-state index contributed by atoms with van der Waals surface area (Å²) in [6.45, 7) is 0.909. The maximum absolute atomic E-state index is 13.2. The molecule has 152 valence electrons. The van der Waals surface area contributed by atoms with Gasteiger partial charge in [-0.25, -0.2) is 9.37 Å². The van der Waals surface area contributed by atoms with E-state index in [4.69, 9.17) is 0 Å². The molecule has 1 aliphatic heterocycles. The normalized spacial score (nSPS) is 20.0. The zero-order valence-corrected chi connectivity index (χ0v) is 16.2. The summed E-state index contributed by atoms with van der Waals surface area (Å²) in [6, 6.07) is 13.6. The van der Waals surface area contributed by atoms with Crippen molar-refractivity contribution >= 4 is 17.5 Å². The van der Waals surface area contributed by atoms with E-state index >= 15 is 0 Å². The molecule has 30 heavy (non-hydrogen) atoms. The van der Waals surface area contributed by atoms with E-state index in [9.17, 15) is 14.0 Å². The fourth-order valence-electron chi connectivity index (χ4n) is 3.99. The summed E-state index contributed by atoms with van der Waals surface area (Å²) in [4.78, 5) is 32.4. The van der Waals surface area contributed by atoms with Crippen molar-refractivity contribution in [2.75, 3.05) is 11.9 Å². The topological polar surface area (TPSA) is 86.9 Å². The number of hydrogen-bond donors (Lipinski definition) is 3. The number of aromatic nitrogens is 2. The van der Waals surface area contributed by atoms with Crippen LogP contribution in [-0.4, -0.2) is 34.4 Å². The van der Waals surface area contributed by atoms with E-state index in [0.717, 1.165) is 33.6 Å². The minimum absolute atomic E-state index is 0.0648. The van der Waals surface area contributed by atoms with Crippen LogP contribution in [0, 0.1) is 5.92 Å². The number of hydrogen-bond acceptors (Lipinski definition) is 4. The van der Waals surface area contributed by atoms with Gasteiger partial charge in [-0.15, -0.1) is 0 Å². The summed E-state index contributed by atoms with van der Waals surface area (Å²) in [5, 5.41) is 5.82. The first-order valence-electron chi connectivity index (χ1n) is 10.0. The molecule has 1 fully saturated rings. The second kappa shape index (κ2) is 7.50. The molecular formula is C23H21FN4O2. The van der Waals surface area contributed by atoms with Crippen LogP contribution >= 0.6 is 0 Å². The van der Waals surface area contributed by atoms with E-state index in [0.29, 0.717) is 25.3 Å². The molecule has 0 spiro atoms. The molecule has 2 atom stereocenters. The van der Waals surface area contributed by atoms with E-state index in [1.807, 2.05) is 36.4 Å². The standard InChI is InChI=1S/C23H21FN4O2/c24-17-10-15(17)23(30)28-20-9-14(6-7-26-20)22-16(8-13-4-2-1-3-5-13)21-18(27-22)11-25-12-19(21)29/h1-7,9,15,17,25,27H,8,10-12H2,(H,26,28,30)/t15-,17-/m1/s1. The highest BCUT2D eigenvalue weighted by atomic mass is 19.1. The summed E-state index contributed by atoms with van der Waals surface area (Å²) in [5.74, 6) is -0.485. The van der Waals surface area contributed by atoms with Crippen molar-refractivity contribution in [1.29, 1.82) is 0 Å². The predicted octanol–water partition coefficient (Wildman–Crippen LogP) is 3.25. The van der Waals surface area contributed by atoms with Crippen molar-refractivity contribution in [3.8, 4) is 11.3 Å². The summed E-state index contributed by atoms with van der Waals surface area (Å²) >= 11 is 0. The first-order valence-corrected chi connectivity index (χ1v) is 10.0. The lowest BCUT2D eigenvalue weighted by Crippen LogP contribution is -2.29. The quantitative estimate of drug-likeness (QED) is 0.609. The van der Waals surface area contributed by atoms with Crippen LogP contribution < -0.4 is 10.6 Å². The molecular weight excluding hydrogens is 383 g/mol. The minimum atomic E-state index is -1.06. The van der Waals surface area contributed by atoms with Crippen molar-refractivity contribution in [3.63, 3.8) is 0 Å². The van der Waals surface area contributed by atoms with Gasteiger partial charge < -0.3 is 15.6 Å². The number of nitrogens with one attached hydrogen (secondary N) is 3. The van der Waals surface area contributed by atoms with Crippen LogP contribution in [-0.2, 0) is 17.8 Å². The van der Waals surface area contributed by atoms with Gasteiger partial charge in [0.25, 0.3) is 0 Å². The average molecular weight is 404 g/mol. The van der Waals surface area contributed by atoms with Gasteiger partial charge in [0.1, 0.15) is 12.0 Å². The van der Waals surface area contributed by atoms with Gasteiger partial charge in [0, 0.05) is 36.0 Å². The number of carbonyl (C=O) groups is 2. The number of anilines is 1. The molecule has 0 saturated heterocycles. The Morgan fingerprint density at radius 1 is 1.20 bits per heavy atom. The Labute approximate surface area is 172 Å². The van der Waals surface area contributed by atoms with Crippen molar-refractivity contribution in [2.24, 2.45) is 5.92 Å². The Bertz CT molecular complexity index is 1130. The molecule has 3 aromatic rings. The summed E-state index contributed by atoms with van der Waals surface area (Å²) < 4.78 is 13.2. The van der Waals surface area contributed by atoms with Crippen LogP contribution in [0.15, 0.2) is 48.7 Å². The zero-order chi connectivity index (χ0) is 20.7. The highest BCUT2D eigenvalue weighted by Gasteiger charge is 2.43. The lowest BCUT2D eigenvalue weighted by molar-refractivity contribution is -0.117. The molecule has 3 N–H and O–H groups in total. The maximum Gasteiger partial charge on any atom is 0.231 e. The number of H-pyrrole nitrogens is 1. The SMILES string of the molecule is O=C1CNCc2[nH]c(-c3ccnc(NC(=O)[C@@H]4C[C@H]4F)c3)c(Cc3ccccc3)c21. The van der Waals surface area contributed by atoms with Gasteiger partial charge in [0.15, 0.2) is 5.78 Å². The number of aromatic amines is 1. The molecule has 7 heteroatoms. The number of carbonyl (C=O) groups excluding carboxylic acids is 2. The second-order valence-electron chi connectivity index (χ2n) is 7.80. The fraction of sp³-hybridized carbons (Fsp3) is 0.261. The Hall–Kier alpha value is -3.32. The molecule has 0 radical (unpaired) electrons. The molecule has 1 saturated carbocycles. The Balaban J connectivity index is 1.53. The fourth-order valence-corrected chi connectivity index (χ4v) is 3.99. The van der Waals surface area contributed by atoms with Gasteiger partial charge in [-0.2, -0.15) is 0 Å². The molecule has 1 aliphatic carbocycles. The number of amides is 1. The Morgan fingerprint density at radius 3 is 2.77 bits per heavy atom. The third kappa shape index (κ3) is 3.52. The number of Topliss-reactive ketones (excluding diaryl/α,β-unsaturated/α-hetero) is 1. The highest BCUT2D eigenvalue weighted by Crippen LogP contribution is 2.35. The number of nitrogens with zero attached hydrogens (tertiary/aromatic N) is 1. The maximum atomic E-state index is 13.2. The number of fused-ring (bicyclic) bond motifs is 1. The van der Waals surface area contributed by atoms with Crippen LogP contribution in [0.5, 0.6) is 0 Å². The van der Waals surface area contributed by atoms with Crippen molar-refractivity contribution in [3.05, 3.63) is 71.0 Å². The lowest BCUT2D eigenvalue weighted by Gasteiger charge is -2.13. The second-order valence-corrected chi connectivity index (χ2v) is 7.80. The third-order valence-corrected chi connectivity index (χ3v) is 5.62. The van der Waals surface area contributed by atoms with Gasteiger partial charge in [-0.1, -0.05) is 30.3 Å². The summed E-state index contributed by atoms with van der Waals surface area (Å²) in [6.07, 6.45) is 1.44. The Morgan fingerprint density at radius 2 is 2.00 bits per heavy atom. The van der Waals surface area contributed by atoms with Gasteiger partial charge >= 0.3 is 0 Å². The molecule has 1 aromatic carbocycles. The monoisotopic (exact) mass is 404 g/mol. The largest absolute Gasteiger partial charge is 0.356 e.